The van der Waals surface area contributed by atoms with E-state index in [-0.39, 0.29) is 36.7 Å². The van der Waals surface area contributed by atoms with E-state index in [9.17, 15) is 9.59 Å². The maximum absolute atomic E-state index is 11.8. The Morgan fingerprint density at radius 3 is 2.45 bits per heavy atom. The first-order valence-corrected chi connectivity index (χ1v) is 6.83. The molecule has 0 fully saturated rings. The number of amides is 2. The molecular formula is C15H24ClN3O3. The monoisotopic (exact) mass is 329 g/mol. The van der Waals surface area contributed by atoms with E-state index in [0.29, 0.717) is 5.69 Å². The summed E-state index contributed by atoms with van der Waals surface area (Å²) in [4.78, 5) is 23.5. The molecule has 22 heavy (non-hydrogen) atoms. The molecule has 0 aliphatic heterocycles. The third-order valence-electron chi connectivity index (χ3n) is 3.15. The highest BCUT2D eigenvalue weighted by molar-refractivity contribution is 5.95. The lowest BCUT2D eigenvalue weighted by molar-refractivity contribution is -0.125. The van der Waals surface area contributed by atoms with Gasteiger partial charge in [-0.2, -0.15) is 0 Å². The first kappa shape index (κ1) is 20.2. The van der Waals surface area contributed by atoms with Crippen molar-refractivity contribution in [1.29, 1.82) is 0 Å². The Balaban J connectivity index is 0.00000441. The number of benzene rings is 1. The molecule has 0 aliphatic carbocycles. The molecule has 0 aliphatic rings. The van der Waals surface area contributed by atoms with Gasteiger partial charge in [0.2, 0.25) is 11.8 Å². The van der Waals surface area contributed by atoms with Crippen LogP contribution in [0.2, 0.25) is 0 Å². The van der Waals surface area contributed by atoms with Gasteiger partial charge < -0.3 is 21.1 Å². The molecule has 1 atom stereocenters. The van der Waals surface area contributed by atoms with Crippen LogP contribution in [0.1, 0.15) is 19.4 Å². The summed E-state index contributed by atoms with van der Waals surface area (Å²) in [7, 11) is 1.58. The number of nitrogens with two attached hydrogens (primary N) is 1. The lowest BCUT2D eigenvalue weighted by atomic mass is 10.1. The lowest BCUT2D eigenvalue weighted by Crippen LogP contribution is -2.46. The number of ether oxygens (including phenoxy) is 1. The maximum atomic E-state index is 11.8. The van der Waals surface area contributed by atoms with Crippen LogP contribution in [0.3, 0.4) is 0 Å². The number of rotatable bonds is 6. The SMILES string of the molecule is COc1ccc(NC(=O)CNC(=O)[C@@H](N)C(C)C)c(C)c1.Cl. The standard InChI is InChI=1S/C15H23N3O3.ClH/c1-9(2)14(16)15(20)17-8-13(19)18-12-6-5-11(21-4)7-10(12)3;/h5-7,9,14H,8,16H2,1-4H3,(H,17,20)(H,18,19);1H/t14-;/m0./s1. The molecule has 4 N–H and O–H groups in total. The second-order valence-electron chi connectivity index (χ2n) is 5.22. The molecule has 2 amide bonds. The van der Waals surface area contributed by atoms with Gasteiger partial charge in [-0.3, -0.25) is 9.59 Å². The highest BCUT2D eigenvalue weighted by Crippen LogP contribution is 2.20. The molecule has 0 spiro atoms. The molecule has 124 valence electrons. The average molecular weight is 330 g/mol. The van der Waals surface area contributed by atoms with Crippen LogP contribution in [0.15, 0.2) is 18.2 Å². The number of halogens is 1. The van der Waals surface area contributed by atoms with Crippen molar-refractivity contribution in [3.8, 4) is 5.75 Å². The second-order valence-corrected chi connectivity index (χ2v) is 5.22. The van der Waals surface area contributed by atoms with E-state index in [0.717, 1.165) is 11.3 Å². The highest BCUT2D eigenvalue weighted by atomic mass is 35.5. The van der Waals surface area contributed by atoms with Gasteiger partial charge in [-0.1, -0.05) is 13.8 Å². The van der Waals surface area contributed by atoms with Crippen LogP contribution in [0.25, 0.3) is 0 Å². The van der Waals surface area contributed by atoms with Crippen LogP contribution in [0.5, 0.6) is 5.75 Å². The minimum atomic E-state index is -0.611. The first-order chi connectivity index (χ1) is 9.85. The highest BCUT2D eigenvalue weighted by Gasteiger charge is 2.17. The molecule has 0 saturated heterocycles. The van der Waals surface area contributed by atoms with Gasteiger partial charge in [-0.25, -0.2) is 0 Å². The van der Waals surface area contributed by atoms with Crippen molar-refractivity contribution < 1.29 is 14.3 Å². The quantitative estimate of drug-likeness (QED) is 0.736. The molecule has 0 unspecified atom stereocenters. The van der Waals surface area contributed by atoms with E-state index >= 15 is 0 Å². The predicted molar refractivity (Wildman–Crippen MR) is 89.4 cm³/mol. The summed E-state index contributed by atoms with van der Waals surface area (Å²) in [5.74, 6) is 0.123. The zero-order valence-corrected chi connectivity index (χ0v) is 14.1. The van der Waals surface area contributed by atoms with Gasteiger partial charge in [-0.05, 0) is 36.6 Å². The van der Waals surface area contributed by atoms with Gasteiger partial charge in [0.25, 0.3) is 0 Å². The normalized spacial score (nSPS) is 11.4. The van der Waals surface area contributed by atoms with E-state index in [1.165, 1.54) is 0 Å². The van der Waals surface area contributed by atoms with Crippen molar-refractivity contribution >= 4 is 29.9 Å². The van der Waals surface area contributed by atoms with Crippen molar-refractivity contribution in [2.24, 2.45) is 11.7 Å². The maximum Gasteiger partial charge on any atom is 0.243 e. The van der Waals surface area contributed by atoms with Crippen molar-refractivity contribution in [3.05, 3.63) is 23.8 Å². The van der Waals surface area contributed by atoms with E-state index < -0.39 is 6.04 Å². The Bertz CT molecular complexity index is 521. The van der Waals surface area contributed by atoms with Gasteiger partial charge in [0.1, 0.15) is 5.75 Å². The van der Waals surface area contributed by atoms with E-state index in [1.54, 1.807) is 19.2 Å². The number of carbonyl (C=O) groups is 2. The average Bonchev–Trinajstić information content (AvgIpc) is 2.45. The molecule has 6 nitrogen and oxygen atoms in total. The summed E-state index contributed by atoms with van der Waals surface area (Å²) in [6.45, 7) is 5.46. The predicted octanol–water partition coefficient (Wildman–Crippen LogP) is 1.46. The zero-order chi connectivity index (χ0) is 16.0. The molecule has 0 saturated carbocycles. The van der Waals surface area contributed by atoms with Crippen molar-refractivity contribution in [1.82, 2.24) is 5.32 Å². The zero-order valence-electron chi connectivity index (χ0n) is 13.3. The number of hydrogen-bond donors (Lipinski definition) is 3. The number of hydrogen-bond acceptors (Lipinski definition) is 4. The molecule has 1 aromatic carbocycles. The van der Waals surface area contributed by atoms with Gasteiger partial charge in [0, 0.05) is 5.69 Å². The number of methoxy groups -OCH3 is 1. The summed E-state index contributed by atoms with van der Waals surface area (Å²) in [6.07, 6.45) is 0. The minimum absolute atomic E-state index is 0. The number of nitrogens with one attached hydrogen (secondary N) is 2. The fraction of sp³-hybridized carbons (Fsp3) is 0.467. The molecule has 0 heterocycles. The summed E-state index contributed by atoms with van der Waals surface area (Å²) in [5.41, 5.74) is 7.26. The molecular weight excluding hydrogens is 306 g/mol. The van der Waals surface area contributed by atoms with Gasteiger partial charge in [0.15, 0.2) is 0 Å². The topological polar surface area (TPSA) is 93.5 Å². The molecule has 1 aromatic rings. The Morgan fingerprint density at radius 2 is 1.95 bits per heavy atom. The van der Waals surface area contributed by atoms with E-state index in [2.05, 4.69) is 10.6 Å². The summed E-state index contributed by atoms with van der Waals surface area (Å²) in [5, 5.41) is 5.26. The number of aryl methyl sites for hydroxylation is 1. The largest absolute Gasteiger partial charge is 0.497 e. The van der Waals surface area contributed by atoms with Crippen LogP contribution in [-0.2, 0) is 9.59 Å². The van der Waals surface area contributed by atoms with Gasteiger partial charge in [-0.15, -0.1) is 12.4 Å². The van der Waals surface area contributed by atoms with Crippen LogP contribution < -0.4 is 21.1 Å². The third kappa shape index (κ3) is 5.91. The van der Waals surface area contributed by atoms with Crippen molar-refractivity contribution in [2.75, 3.05) is 19.0 Å². The van der Waals surface area contributed by atoms with E-state index in [4.69, 9.17) is 10.5 Å². The fourth-order valence-corrected chi connectivity index (χ4v) is 1.69. The van der Waals surface area contributed by atoms with Gasteiger partial charge >= 0.3 is 0 Å². The van der Waals surface area contributed by atoms with Crippen molar-refractivity contribution in [3.63, 3.8) is 0 Å². The molecule has 0 bridgehead atoms. The smallest absolute Gasteiger partial charge is 0.243 e. The van der Waals surface area contributed by atoms with Crippen LogP contribution in [-0.4, -0.2) is 31.5 Å². The van der Waals surface area contributed by atoms with Crippen molar-refractivity contribution in [2.45, 2.75) is 26.8 Å². The van der Waals surface area contributed by atoms with E-state index in [1.807, 2.05) is 26.8 Å². The Kier molecular flexibility index (Phi) is 8.52. The molecule has 1 rings (SSSR count). The Labute approximate surface area is 137 Å². The second kappa shape index (κ2) is 9.27. The fourth-order valence-electron chi connectivity index (χ4n) is 1.69. The third-order valence-corrected chi connectivity index (χ3v) is 3.15. The van der Waals surface area contributed by atoms with Crippen LogP contribution in [0, 0.1) is 12.8 Å². The Morgan fingerprint density at radius 1 is 1.32 bits per heavy atom. The summed E-state index contributed by atoms with van der Waals surface area (Å²) < 4.78 is 5.10. The molecule has 0 aromatic heterocycles. The number of carbonyl (C=O) groups excluding carboxylic acids is 2. The Hall–Kier alpha value is -1.79. The summed E-state index contributed by atoms with van der Waals surface area (Å²) >= 11 is 0. The number of anilines is 1. The minimum Gasteiger partial charge on any atom is -0.497 e. The lowest BCUT2D eigenvalue weighted by Gasteiger charge is -2.15. The summed E-state index contributed by atoms with van der Waals surface area (Å²) in [6, 6.07) is 4.73. The van der Waals surface area contributed by atoms with Gasteiger partial charge in [0.05, 0.1) is 19.7 Å². The molecule has 7 heteroatoms. The van der Waals surface area contributed by atoms with Crippen LogP contribution in [0.4, 0.5) is 5.69 Å². The first-order valence-electron chi connectivity index (χ1n) is 6.83. The van der Waals surface area contributed by atoms with Crippen LogP contribution >= 0.6 is 12.4 Å². The molecule has 0 radical (unpaired) electrons.